The Morgan fingerprint density at radius 1 is 1.35 bits per heavy atom. The third-order valence-electron chi connectivity index (χ3n) is 2.52. The van der Waals surface area contributed by atoms with Crippen LogP contribution in [0.4, 0.5) is 9.93 Å². The van der Waals surface area contributed by atoms with Crippen LogP contribution in [0.15, 0.2) is 11.5 Å². The van der Waals surface area contributed by atoms with E-state index in [4.69, 9.17) is 9.47 Å². The van der Waals surface area contributed by atoms with Crippen LogP contribution in [0.3, 0.4) is 0 Å². The highest BCUT2D eigenvalue weighted by Crippen LogP contribution is 2.24. The number of anilines is 1. The van der Waals surface area contributed by atoms with Gasteiger partial charge in [0, 0.05) is 5.38 Å². The van der Waals surface area contributed by atoms with Crippen LogP contribution in [0.25, 0.3) is 5.57 Å². The summed E-state index contributed by atoms with van der Waals surface area (Å²) in [6, 6.07) is 0. The minimum atomic E-state index is -0.582. The van der Waals surface area contributed by atoms with Gasteiger partial charge in [0.15, 0.2) is 5.13 Å². The molecular formula is C16H24N2O4S. The molecule has 0 radical (unpaired) electrons. The van der Waals surface area contributed by atoms with Crippen molar-refractivity contribution >= 4 is 34.1 Å². The van der Waals surface area contributed by atoms with E-state index in [1.807, 2.05) is 13.0 Å². The van der Waals surface area contributed by atoms with E-state index in [-0.39, 0.29) is 0 Å². The minimum Gasteiger partial charge on any atom is -0.462 e. The molecule has 23 heavy (non-hydrogen) atoms. The second-order valence-electron chi connectivity index (χ2n) is 5.79. The predicted octanol–water partition coefficient (Wildman–Crippen LogP) is 4.24. The second kappa shape index (κ2) is 8.67. The number of ether oxygens (including phenoxy) is 2. The number of esters is 1. The molecule has 0 aliphatic heterocycles. The van der Waals surface area contributed by atoms with Crippen LogP contribution in [0, 0.1) is 0 Å². The standard InChI is InChI=1S/C16H24N2O4S/c1-6-8-9-11(13(19)21-7-2)12-10-23-14(17-12)18-15(20)22-16(3,4)5/h9-10H,6-8H2,1-5H3,(H,17,18,20)/b11-9+. The summed E-state index contributed by atoms with van der Waals surface area (Å²) in [6.45, 7) is 9.43. The van der Waals surface area contributed by atoms with E-state index in [9.17, 15) is 9.59 Å². The fraction of sp³-hybridized carbons (Fsp3) is 0.562. The van der Waals surface area contributed by atoms with Crippen LogP contribution in [0.5, 0.6) is 0 Å². The Bertz CT molecular complexity index is 573. The fourth-order valence-corrected chi connectivity index (χ4v) is 2.33. The van der Waals surface area contributed by atoms with Crippen LogP contribution in [0.2, 0.25) is 0 Å². The normalized spacial score (nSPS) is 12.0. The molecule has 0 saturated heterocycles. The molecule has 0 bridgehead atoms. The van der Waals surface area contributed by atoms with Gasteiger partial charge in [-0.1, -0.05) is 19.4 Å². The molecule has 1 aromatic heterocycles. The smallest absolute Gasteiger partial charge is 0.413 e. The Balaban J connectivity index is 2.86. The molecule has 0 atom stereocenters. The number of carbonyl (C=O) groups is 2. The van der Waals surface area contributed by atoms with Crippen LogP contribution in [-0.4, -0.2) is 29.3 Å². The number of nitrogens with one attached hydrogen (secondary N) is 1. The number of rotatable bonds is 6. The van der Waals surface area contributed by atoms with Crippen molar-refractivity contribution < 1.29 is 19.1 Å². The molecule has 1 aromatic rings. The number of nitrogens with zero attached hydrogens (tertiary/aromatic N) is 1. The summed E-state index contributed by atoms with van der Waals surface area (Å²) in [4.78, 5) is 28.0. The first-order chi connectivity index (χ1) is 10.8. The van der Waals surface area contributed by atoms with E-state index >= 15 is 0 Å². The van der Waals surface area contributed by atoms with Crippen molar-refractivity contribution in [2.45, 2.75) is 53.1 Å². The number of aromatic nitrogens is 1. The van der Waals surface area contributed by atoms with Gasteiger partial charge in [0.05, 0.1) is 17.9 Å². The summed E-state index contributed by atoms with van der Waals surface area (Å²) >= 11 is 1.23. The third kappa shape index (κ3) is 6.81. The van der Waals surface area contributed by atoms with Crippen molar-refractivity contribution in [1.82, 2.24) is 4.98 Å². The van der Waals surface area contributed by atoms with Gasteiger partial charge in [0.25, 0.3) is 0 Å². The lowest BCUT2D eigenvalue weighted by Gasteiger charge is -2.18. The molecule has 7 heteroatoms. The van der Waals surface area contributed by atoms with Gasteiger partial charge < -0.3 is 9.47 Å². The van der Waals surface area contributed by atoms with E-state index < -0.39 is 17.7 Å². The summed E-state index contributed by atoms with van der Waals surface area (Å²) < 4.78 is 10.2. The summed E-state index contributed by atoms with van der Waals surface area (Å²) in [6.07, 6.45) is 2.90. The average Bonchev–Trinajstić information content (AvgIpc) is 2.85. The van der Waals surface area contributed by atoms with E-state index in [0.717, 1.165) is 12.8 Å². The van der Waals surface area contributed by atoms with Crippen molar-refractivity contribution in [3.63, 3.8) is 0 Å². The largest absolute Gasteiger partial charge is 0.462 e. The molecule has 0 aliphatic rings. The lowest BCUT2D eigenvalue weighted by atomic mass is 10.1. The Hall–Kier alpha value is -1.89. The zero-order chi connectivity index (χ0) is 17.5. The summed E-state index contributed by atoms with van der Waals surface area (Å²) in [5, 5.41) is 4.66. The molecule has 0 saturated carbocycles. The Kier molecular flexibility index (Phi) is 7.22. The van der Waals surface area contributed by atoms with Crippen molar-refractivity contribution in [2.75, 3.05) is 11.9 Å². The number of allylic oxidation sites excluding steroid dienone is 1. The fourth-order valence-electron chi connectivity index (χ4n) is 1.64. The first kappa shape index (κ1) is 19.2. The number of hydrogen-bond acceptors (Lipinski definition) is 6. The Morgan fingerprint density at radius 2 is 2.04 bits per heavy atom. The van der Waals surface area contributed by atoms with Gasteiger partial charge in [0.2, 0.25) is 0 Å². The number of carbonyl (C=O) groups excluding carboxylic acids is 2. The van der Waals surface area contributed by atoms with E-state index in [0.29, 0.717) is 23.0 Å². The molecule has 1 N–H and O–H groups in total. The molecule has 0 fully saturated rings. The first-order valence-corrected chi connectivity index (χ1v) is 8.48. The second-order valence-corrected chi connectivity index (χ2v) is 6.65. The lowest BCUT2D eigenvalue weighted by Crippen LogP contribution is -2.27. The van der Waals surface area contributed by atoms with Crippen LogP contribution < -0.4 is 5.32 Å². The Morgan fingerprint density at radius 3 is 2.61 bits per heavy atom. The van der Waals surface area contributed by atoms with Crippen LogP contribution in [-0.2, 0) is 14.3 Å². The molecular weight excluding hydrogens is 316 g/mol. The minimum absolute atomic E-state index is 0.301. The predicted molar refractivity (Wildman–Crippen MR) is 91.5 cm³/mol. The van der Waals surface area contributed by atoms with Crippen molar-refractivity contribution in [2.24, 2.45) is 0 Å². The van der Waals surface area contributed by atoms with Crippen LogP contribution >= 0.6 is 11.3 Å². The summed E-state index contributed by atoms with van der Waals surface area (Å²) in [7, 11) is 0. The molecule has 1 amide bonds. The number of thiazole rings is 1. The third-order valence-corrected chi connectivity index (χ3v) is 3.28. The van der Waals surface area contributed by atoms with Crippen molar-refractivity contribution in [3.05, 3.63) is 17.2 Å². The monoisotopic (exact) mass is 340 g/mol. The maximum Gasteiger partial charge on any atom is 0.413 e. The van der Waals surface area contributed by atoms with Crippen molar-refractivity contribution in [1.29, 1.82) is 0 Å². The van der Waals surface area contributed by atoms with Gasteiger partial charge in [-0.15, -0.1) is 11.3 Å². The maximum absolute atomic E-state index is 12.0. The van der Waals surface area contributed by atoms with E-state index in [1.165, 1.54) is 11.3 Å². The quantitative estimate of drug-likeness (QED) is 0.619. The number of hydrogen-bond donors (Lipinski definition) is 1. The van der Waals surface area contributed by atoms with E-state index in [1.54, 1.807) is 33.1 Å². The molecule has 1 rings (SSSR count). The highest BCUT2D eigenvalue weighted by Gasteiger charge is 2.19. The number of unbranched alkanes of at least 4 members (excludes halogenated alkanes) is 1. The molecule has 128 valence electrons. The van der Waals surface area contributed by atoms with Gasteiger partial charge >= 0.3 is 12.1 Å². The van der Waals surface area contributed by atoms with Gasteiger partial charge in [-0.2, -0.15) is 0 Å². The molecule has 1 heterocycles. The molecule has 0 spiro atoms. The summed E-state index contributed by atoms with van der Waals surface area (Å²) in [5.74, 6) is -0.407. The highest BCUT2D eigenvalue weighted by molar-refractivity contribution is 7.14. The van der Waals surface area contributed by atoms with Gasteiger partial charge in [-0.25, -0.2) is 14.6 Å². The maximum atomic E-state index is 12.0. The zero-order valence-corrected chi connectivity index (χ0v) is 15.1. The van der Waals surface area contributed by atoms with Crippen molar-refractivity contribution in [3.8, 4) is 0 Å². The Labute approximate surface area is 140 Å². The highest BCUT2D eigenvalue weighted by atomic mass is 32.1. The van der Waals surface area contributed by atoms with Gasteiger partial charge in [-0.05, 0) is 34.1 Å². The van der Waals surface area contributed by atoms with Gasteiger partial charge in [-0.3, -0.25) is 5.32 Å². The number of amides is 1. The van der Waals surface area contributed by atoms with Gasteiger partial charge in [0.1, 0.15) is 5.60 Å². The topological polar surface area (TPSA) is 77.5 Å². The van der Waals surface area contributed by atoms with Crippen LogP contribution in [0.1, 0.15) is 53.2 Å². The summed E-state index contributed by atoms with van der Waals surface area (Å²) in [5.41, 5.74) is 0.330. The lowest BCUT2D eigenvalue weighted by molar-refractivity contribution is -0.136. The molecule has 6 nitrogen and oxygen atoms in total. The zero-order valence-electron chi connectivity index (χ0n) is 14.3. The average molecular weight is 340 g/mol. The van der Waals surface area contributed by atoms with E-state index in [2.05, 4.69) is 10.3 Å². The first-order valence-electron chi connectivity index (χ1n) is 7.60. The molecule has 0 unspecified atom stereocenters. The SMILES string of the molecule is CCC/C=C(/C(=O)OCC)c1csc(NC(=O)OC(C)(C)C)n1. The molecule has 0 aromatic carbocycles. The molecule has 0 aliphatic carbocycles.